The lowest BCUT2D eigenvalue weighted by atomic mass is 10.1. The number of carbonyl (C=O) groups is 3. The number of carboxylic acids is 2. The Hall–Kier alpha value is -2.36. The SMILES string of the molecule is CC(=O)O.NC(N)=NCCC[C@H](NC(=O)[C@@H]1CCCN1)C(=O)O. The molecule has 0 aromatic rings. The topological polar surface area (TPSA) is 180 Å². The average molecular weight is 331 g/mol. The van der Waals surface area contributed by atoms with Crippen LogP contribution in [0.3, 0.4) is 0 Å². The van der Waals surface area contributed by atoms with Gasteiger partial charge in [0.2, 0.25) is 5.91 Å². The number of guanidine groups is 1. The van der Waals surface area contributed by atoms with Crippen molar-refractivity contribution in [1.29, 1.82) is 0 Å². The highest BCUT2D eigenvalue weighted by atomic mass is 16.4. The van der Waals surface area contributed by atoms with E-state index in [4.69, 9.17) is 26.5 Å². The molecular formula is C13H25N5O5. The fourth-order valence-electron chi connectivity index (χ4n) is 1.94. The van der Waals surface area contributed by atoms with Gasteiger partial charge in [0, 0.05) is 13.5 Å². The molecule has 0 spiro atoms. The molecule has 1 fully saturated rings. The molecule has 23 heavy (non-hydrogen) atoms. The highest BCUT2D eigenvalue weighted by molar-refractivity contribution is 5.87. The van der Waals surface area contributed by atoms with Crippen LogP contribution in [-0.2, 0) is 14.4 Å². The molecule has 1 aliphatic heterocycles. The van der Waals surface area contributed by atoms with Crippen molar-refractivity contribution in [2.45, 2.75) is 44.7 Å². The summed E-state index contributed by atoms with van der Waals surface area (Å²) in [4.78, 5) is 35.6. The predicted molar refractivity (Wildman–Crippen MR) is 83.8 cm³/mol. The molecule has 1 amide bonds. The summed E-state index contributed by atoms with van der Waals surface area (Å²) in [6.45, 7) is 2.23. The molecule has 1 aliphatic rings. The Morgan fingerprint density at radius 2 is 1.96 bits per heavy atom. The van der Waals surface area contributed by atoms with Crippen LogP contribution in [0.2, 0.25) is 0 Å². The molecule has 132 valence electrons. The second-order valence-corrected chi connectivity index (χ2v) is 5.02. The van der Waals surface area contributed by atoms with Gasteiger partial charge in [-0.15, -0.1) is 0 Å². The molecule has 1 heterocycles. The first-order valence-electron chi connectivity index (χ1n) is 7.25. The van der Waals surface area contributed by atoms with Crippen molar-refractivity contribution in [3.8, 4) is 0 Å². The van der Waals surface area contributed by atoms with Crippen LogP contribution in [0.1, 0.15) is 32.6 Å². The van der Waals surface area contributed by atoms with Gasteiger partial charge in [-0.25, -0.2) is 4.79 Å². The number of hydrogen-bond acceptors (Lipinski definition) is 5. The van der Waals surface area contributed by atoms with E-state index >= 15 is 0 Å². The Morgan fingerprint density at radius 3 is 2.39 bits per heavy atom. The Bertz CT molecular complexity index is 426. The lowest BCUT2D eigenvalue weighted by Crippen LogP contribution is -2.48. The molecule has 0 radical (unpaired) electrons. The van der Waals surface area contributed by atoms with E-state index in [0.717, 1.165) is 26.3 Å². The van der Waals surface area contributed by atoms with Crippen LogP contribution in [0.4, 0.5) is 0 Å². The molecular weight excluding hydrogens is 306 g/mol. The van der Waals surface area contributed by atoms with E-state index in [1.54, 1.807) is 0 Å². The number of hydrogen-bond donors (Lipinski definition) is 6. The summed E-state index contributed by atoms with van der Waals surface area (Å²) in [6, 6.07) is -1.18. The van der Waals surface area contributed by atoms with Gasteiger partial charge in [0.15, 0.2) is 5.96 Å². The second-order valence-electron chi connectivity index (χ2n) is 5.02. The Morgan fingerprint density at radius 1 is 1.35 bits per heavy atom. The highest BCUT2D eigenvalue weighted by Gasteiger charge is 2.26. The number of aliphatic imine (C=N–C) groups is 1. The molecule has 1 rings (SSSR count). The minimum atomic E-state index is -1.05. The Kier molecular flexibility index (Phi) is 10.1. The van der Waals surface area contributed by atoms with E-state index in [-0.39, 0.29) is 17.9 Å². The molecule has 0 unspecified atom stereocenters. The monoisotopic (exact) mass is 331 g/mol. The van der Waals surface area contributed by atoms with Crippen LogP contribution in [0.25, 0.3) is 0 Å². The number of rotatable bonds is 7. The van der Waals surface area contributed by atoms with Crippen LogP contribution in [-0.4, -0.2) is 59.2 Å². The summed E-state index contributed by atoms with van der Waals surface area (Å²) in [5.41, 5.74) is 10.3. The summed E-state index contributed by atoms with van der Waals surface area (Å²) in [5, 5.41) is 22.0. The molecule has 1 saturated heterocycles. The molecule has 0 aromatic carbocycles. The third-order valence-corrected chi connectivity index (χ3v) is 2.94. The minimum absolute atomic E-state index is 0.0222. The van der Waals surface area contributed by atoms with E-state index in [1.807, 2.05) is 0 Å². The predicted octanol–water partition coefficient (Wildman–Crippen LogP) is -1.55. The maximum absolute atomic E-state index is 11.8. The van der Waals surface area contributed by atoms with Gasteiger partial charge in [-0.05, 0) is 32.2 Å². The number of carboxylic acid groups (broad SMARTS) is 2. The van der Waals surface area contributed by atoms with Crippen LogP contribution in [0, 0.1) is 0 Å². The standard InChI is InChI=1S/C11H21N5O3.C2H4O2/c12-11(13)15-6-2-4-8(10(18)19)16-9(17)7-3-1-5-14-7;1-2(3)4/h7-8,14H,1-6H2,(H,16,17)(H,18,19)(H4,12,13,15);1H3,(H,3,4)/t7-,8-;/m0./s1. The van der Waals surface area contributed by atoms with Gasteiger partial charge >= 0.3 is 5.97 Å². The van der Waals surface area contributed by atoms with Gasteiger partial charge in [0.25, 0.3) is 5.97 Å². The van der Waals surface area contributed by atoms with E-state index in [2.05, 4.69) is 15.6 Å². The van der Waals surface area contributed by atoms with Crippen molar-refractivity contribution >= 4 is 23.8 Å². The van der Waals surface area contributed by atoms with Crippen molar-refractivity contribution in [2.75, 3.05) is 13.1 Å². The average Bonchev–Trinajstić information content (AvgIpc) is 2.94. The van der Waals surface area contributed by atoms with Crippen molar-refractivity contribution < 1.29 is 24.6 Å². The van der Waals surface area contributed by atoms with Crippen LogP contribution < -0.4 is 22.1 Å². The maximum atomic E-state index is 11.8. The third-order valence-electron chi connectivity index (χ3n) is 2.94. The smallest absolute Gasteiger partial charge is 0.326 e. The molecule has 0 saturated carbocycles. The van der Waals surface area contributed by atoms with Gasteiger partial charge in [-0.3, -0.25) is 14.6 Å². The van der Waals surface area contributed by atoms with Crippen LogP contribution in [0.15, 0.2) is 4.99 Å². The number of aliphatic carboxylic acids is 2. The van der Waals surface area contributed by atoms with E-state index < -0.39 is 18.0 Å². The van der Waals surface area contributed by atoms with Gasteiger partial charge in [0.05, 0.1) is 6.04 Å². The normalized spacial score (nSPS) is 17.3. The summed E-state index contributed by atoms with van der Waals surface area (Å²) < 4.78 is 0. The first-order valence-corrected chi connectivity index (χ1v) is 7.25. The van der Waals surface area contributed by atoms with Gasteiger partial charge in [-0.2, -0.15) is 0 Å². The van der Waals surface area contributed by atoms with Crippen molar-refractivity contribution in [3.63, 3.8) is 0 Å². The van der Waals surface area contributed by atoms with Crippen LogP contribution >= 0.6 is 0 Å². The zero-order valence-electron chi connectivity index (χ0n) is 13.1. The fourth-order valence-corrected chi connectivity index (χ4v) is 1.94. The maximum Gasteiger partial charge on any atom is 0.326 e. The van der Waals surface area contributed by atoms with Gasteiger partial charge < -0.3 is 32.3 Å². The Balaban J connectivity index is 0.00000108. The van der Waals surface area contributed by atoms with Crippen molar-refractivity contribution in [3.05, 3.63) is 0 Å². The summed E-state index contributed by atoms with van der Waals surface area (Å²) in [5.74, 6) is -2.16. The number of amides is 1. The summed E-state index contributed by atoms with van der Waals surface area (Å²) in [7, 11) is 0. The molecule has 0 aliphatic carbocycles. The third kappa shape index (κ3) is 10.9. The molecule has 0 bridgehead atoms. The van der Waals surface area contributed by atoms with Crippen molar-refractivity contribution in [2.24, 2.45) is 16.5 Å². The quantitative estimate of drug-likeness (QED) is 0.184. The summed E-state index contributed by atoms with van der Waals surface area (Å²) in [6.07, 6.45) is 2.46. The number of carbonyl (C=O) groups excluding carboxylic acids is 1. The van der Waals surface area contributed by atoms with Gasteiger partial charge in [0.1, 0.15) is 6.04 Å². The molecule has 0 aromatic heterocycles. The lowest BCUT2D eigenvalue weighted by molar-refractivity contribution is -0.142. The van der Waals surface area contributed by atoms with E-state index in [9.17, 15) is 9.59 Å². The van der Waals surface area contributed by atoms with Crippen molar-refractivity contribution in [1.82, 2.24) is 10.6 Å². The summed E-state index contributed by atoms with van der Waals surface area (Å²) >= 11 is 0. The minimum Gasteiger partial charge on any atom is -0.481 e. The highest BCUT2D eigenvalue weighted by Crippen LogP contribution is 2.06. The zero-order chi connectivity index (χ0) is 17.8. The zero-order valence-corrected chi connectivity index (χ0v) is 13.1. The Labute approximate surface area is 134 Å². The largest absolute Gasteiger partial charge is 0.481 e. The fraction of sp³-hybridized carbons (Fsp3) is 0.692. The number of nitrogens with one attached hydrogen (secondary N) is 2. The lowest BCUT2D eigenvalue weighted by Gasteiger charge is -2.17. The number of nitrogens with two attached hydrogens (primary N) is 2. The van der Waals surface area contributed by atoms with E-state index in [1.165, 1.54) is 0 Å². The van der Waals surface area contributed by atoms with Gasteiger partial charge in [-0.1, -0.05) is 0 Å². The molecule has 8 N–H and O–H groups in total. The molecule has 10 heteroatoms. The molecule has 10 nitrogen and oxygen atoms in total. The van der Waals surface area contributed by atoms with Crippen LogP contribution in [0.5, 0.6) is 0 Å². The first-order chi connectivity index (χ1) is 10.7. The van der Waals surface area contributed by atoms with E-state index in [0.29, 0.717) is 19.4 Å². The first kappa shape index (κ1) is 20.6. The molecule has 2 atom stereocenters. The second kappa shape index (κ2) is 11.2. The number of nitrogens with zero attached hydrogens (tertiary/aromatic N) is 1.